The molecule has 0 saturated heterocycles. The van der Waals surface area contributed by atoms with Gasteiger partial charge < -0.3 is 15.4 Å². The Morgan fingerprint density at radius 1 is 1.16 bits per heavy atom. The number of hydrogen-bond acceptors (Lipinski definition) is 6. The minimum atomic E-state index is -0.362. The topological polar surface area (TPSA) is 102 Å². The molecule has 32 heavy (non-hydrogen) atoms. The van der Waals surface area contributed by atoms with Crippen LogP contribution in [0, 0.1) is 6.92 Å². The summed E-state index contributed by atoms with van der Waals surface area (Å²) >= 11 is 1.18. The van der Waals surface area contributed by atoms with E-state index in [1.165, 1.54) is 18.9 Å². The van der Waals surface area contributed by atoms with Gasteiger partial charge in [0.25, 0.3) is 5.56 Å². The molecule has 0 aliphatic heterocycles. The lowest BCUT2D eigenvalue weighted by Crippen LogP contribution is -2.34. The smallest absolute Gasteiger partial charge is 0.262 e. The minimum Gasteiger partial charge on any atom is -0.495 e. The van der Waals surface area contributed by atoms with Gasteiger partial charge in [-0.15, -0.1) is 0 Å². The van der Waals surface area contributed by atoms with Gasteiger partial charge in [0.15, 0.2) is 5.16 Å². The summed E-state index contributed by atoms with van der Waals surface area (Å²) in [5.41, 5.74) is 2.00. The standard InChI is InChI=1S/C23H26N4O4S/c1-4-11-27-22(30)16-7-5-6-8-17(16)26-23(27)32-14-21(29)24-13-20(28)25-18-12-15(2)9-10-19(18)31-3/h5-10,12H,4,11,13-14H2,1-3H3,(H,24,29)(H,25,28). The minimum absolute atomic E-state index is 0.0372. The van der Waals surface area contributed by atoms with Gasteiger partial charge in [-0.25, -0.2) is 4.98 Å². The maximum Gasteiger partial charge on any atom is 0.262 e. The molecule has 0 fully saturated rings. The van der Waals surface area contributed by atoms with Crippen molar-refractivity contribution in [3.63, 3.8) is 0 Å². The highest BCUT2D eigenvalue weighted by Gasteiger charge is 2.14. The van der Waals surface area contributed by atoms with Gasteiger partial charge in [0.05, 0.1) is 36.0 Å². The molecule has 0 aliphatic rings. The van der Waals surface area contributed by atoms with E-state index >= 15 is 0 Å². The number of aromatic nitrogens is 2. The highest BCUT2D eigenvalue weighted by atomic mass is 32.2. The number of nitrogens with one attached hydrogen (secondary N) is 2. The molecule has 168 valence electrons. The van der Waals surface area contributed by atoms with Crippen LogP contribution in [0.2, 0.25) is 0 Å². The molecule has 9 heteroatoms. The average Bonchev–Trinajstić information content (AvgIpc) is 2.78. The molecule has 3 rings (SSSR count). The molecule has 2 amide bonds. The predicted molar refractivity (Wildman–Crippen MR) is 126 cm³/mol. The van der Waals surface area contributed by atoms with Gasteiger partial charge in [-0.05, 0) is 43.2 Å². The van der Waals surface area contributed by atoms with Crippen LogP contribution in [0.3, 0.4) is 0 Å². The Balaban J connectivity index is 1.61. The van der Waals surface area contributed by atoms with Crippen molar-refractivity contribution in [2.24, 2.45) is 0 Å². The molecular formula is C23H26N4O4S. The molecular weight excluding hydrogens is 428 g/mol. The molecule has 0 radical (unpaired) electrons. The van der Waals surface area contributed by atoms with Crippen LogP contribution < -0.4 is 20.9 Å². The van der Waals surface area contributed by atoms with Gasteiger partial charge in [0.1, 0.15) is 5.75 Å². The number of carbonyl (C=O) groups excluding carboxylic acids is 2. The number of aryl methyl sites for hydroxylation is 1. The van der Waals surface area contributed by atoms with Crippen LogP contribution in [0.5, 0.6) is 5.75 Å². The van der Waals surface area contributed by atoms with E-state index in [2.05, 4.69) is 15.6 Å². The van der Waals surface area contributed by atoms with Crippen LogP contribution in [0.1, 0.15) is 18.9 Å². The SMILES string of the molecule is CCCn1c(SCC(=O)NCC(=O)Nc2cc(C)ccc2OC)nc2ccccc2c1=O. The van der Waals surface area contributed by atoms with E-state index in [0.717, 1.165) is 12.0 Å². The van der Waals surface area contributed by atoms with Crippen molar-refractivity contribution in [2.45, 2.75) is 32.0 Å². The van der Waals surface area contributed by atoms with E-state index in [1.54, 1.807) is 34.9 Å². The first-order chi connectivity index (χ1) is 15.4. The zero-order chi connectivity index (χ0) is 23.1. The molecule has 0 spiro atoms. The Morgan fingerprint density at radius 2 is 1.94 bits per heavy atom. The number of rotatable bonds is 9. The largest absolute Gasteiger partial charge is 0.495 e. The zero-order valence-corrected chi connectivity index (χ0v) is 19.1. The summed E-state index contributed by atoms with van der Waals surface area (Å²) < 4.78 is 6.84. The summed E-state index contributed by atoms with van der Waals surface area (Å²) in [7, 11) is 1.53. The summed E-state index contributed by atoms with van der Waals surface area (Å²) in [6.07, 6.45) is 0.766. The van der Waals surface area contributed by atoms with Crippen molar-refractivity contribution < 1.29 is 14.3 Å². The van der Waals surface area contributed by atoms with E-state index in [-0.39, 0.29) is 29.7 Å². The highest BCUT2D eigenvalue weighted by molar-refractivity contribution is 7.99. The molecule has 2 N–H and O–H groups in total. The normalized spacial score (nSPS) is 10.7. The number of fused-ring (bicyclic) bond motifs is 1. The van der Waals surface area contributed by atoms with Gasteiger partial charge in [-0.2, -0.15) is 0 Å². The predicted octanol–water partition coefficient (Wildman–Crippen LogP) is 2.97. The first-order valence-electron chi connectivity index (χ1n) is 10.3. The van der Waals surface area contributed by atoms with Crippen LogP contribution in [-0.4, -0.2) is 40.8 Å². The molecule has 0 bridgehead atoms. The van der Waals surface area contributed by atoms with E-state index in [4.69, 9.17) is 4.74 Å². The monoisotopic (exact) mass is 454 g/mol. The molecule has 0 saturated carbocycles. The van der Waals surface area contributed by atoms with Crippen LogP contribution in [0.15, 0.2) is 52.4 Å². The number of para-hydroxylation sites is 1. The lowest BCUT2D eigenvalue weighted by atomic mass is 10.2. The van der Waals surface area contributed by atoms with Crippen molar-refractivity contribution in [2.75, 3.05) is 24.7 Å². The molecule has 0 aliphatic carbocycles. The molecule has 0 unspecified atom stereocenters. The van der Waals surface area contributed by atoms with Crippen molar-refractivity contribution in [1.29, 1.82) is 0 Å². The van der Waals surface area contributed by atoms with Crippen molar-refractivity contribution in [1.82, 2.24) is 14.9 Å². The van der Waals surface area contributed by atoms with Crippen LogP contribution >= 0.6 is 11.8 Å². The summed E-state index contributed by atoms with van der Waals surface area (Å²) in [5.74, 6) is -0.108. The first-order valence-corrected chi connectivity index (χ1v) is 11.2. The van der Waals surface area contributed by atoms with E-state index in [1.807, 2.05) is 26.0 Å². The Labute approximate surface area is 190 Å². The second kappa shape index (κ2) is 10.8. The van der Waals surface area contributed by atoms with E-state index in [9.17, 15) is 14.4 Å². The maximum atomic E-state index is 12.8. The third-order valence-corrected chi connectivity index (χ3v) is 5.66. The number of hydrogen-bond donors (Lipinski definition) is 2. The quantitative estimate of drug-likeness (QED) is 0.381. The zero-order valence-electron chi connectivity index (χ0n) is 18.3. The molecule has 1 heterocycles. The van der Waals surface area contributed by atoms with Crippen LogP contribution in [0.4, 0.5) is 5.69 Å². The fraction of sp³-hybridized carbons (Fsp3) is 0.304. The fourth-order valence-corrected chi connectivity index (χ4v) is 4.01. The van der Waals surface area contributed by atoms with Crippen molar-refractivity contribution in [3.8, 4) is 5.75 Å². The Morgan fingerprint density at radius 3 is 2.69 bits per heavy atom. The second-order valence-corrected chi connectivity index (χ2v) is 8.13. The Hall–Kier alpha value is -3.33. The second-order valence-electron chi connectivity index (χ2n) is 7.19. The number of ether oxygens (including phenoxy) is 1. The van der Waals surface area contributed by atoms with Crippen molar-refractivity contribution in [3.05, 3.63) is 58.4 Å². The van der Waals surface area contributed by atoms with Gasteiger partial charge in [-0.3, -0.25) is 19.0 Å². The van der Waals surface area contributed by atoms with Crippen LogP contribution in [-0.2, 0) is 16.1 Å². The summed E-state index contributed by atoms with van der Waals surface area (Å²) in [5, 5.41) is 6.38. The summed E-state index contributed by atoms with van der Waals surface area (Å²) in [6, 6.07) is 12.6. The fourth-order valence-electron chi connectivity index (χ4n) is 3.15. The molecule has 3 aromatic rings. The summed E-state index contributed by atoms with van der Waals surface area (Å²) in [6.45, 7) is 4.22. The summed E-state index contributed by atoms with van der Waals surface area (Å²) in [4.78, 5) is 41.9. The maximum absolute atomic E-state index is 12.8. The highest BCUT2D eigenvalue weighted by Crippen LogP contribution is 2.25. The van der Waals surface area contributed by atoms with Gasteiger partial charge in [0.2, 0.25) is 11.8 Å². The van der Waals surface area contributed by atoms with Crippen molar-refractivity contribution >= 4 is 40.2 Å². The molecule has 8 nitrogen and oxygen atoms in total. The lowest BCUT2D eigenvalue weighted by molar-refractivity contribution is -0.122. The number of benzene rings is 2. The molecule has 2 aromatic carbocycles. The number of thioether (sulfide) groups is 1. The number of anilines is 1. The first kappa shape index (κ1) is 23.3. The van der Waals surface area contributed by atoms with Gasteiger partial charge in [0, 0.05) is 6.54 Å². The van der Waals surface area contributed by atoms with E-state index in [0.29, 0.717) is 34.0 Å². The lowest BCUT2D eigenvalue weighted by Gasteiger charge is -2.13. The molecule has 1 aromatic heterocycles. The number of amides is 2. The molecule has 0 atom stereocenters. The van der Waals surface area contributed by atoms with Gasteiger partial charge >= 0.3 is 0 Å². The number of nitrogens with zero attached hydrogens (tertiary/aromatic N) is 2. The van der Waals surface area contributed by atoms with Gasteiger partial charge in [-0.1, -0.05) is 36.9 Å². The Kier molecular flexibility index (Phi) is 7.88. The van der Waals surface area contributed by atoms with E-state index < -0.39 is 0 Å². The Bertz CT molecular complexity index is 1190. The number of carbonyl (C=O) groups is 2. The third-order valence-electron chi connectivity index (χ3n) is 4.68. The van der Waals surface area contributed by atoms with Crippen LogP contribution in [0.25, 0.3) is 10.9 Å². The third kappa shape index (κ3) is 5.67. The number of methoxy groups -OCH3 is 1. The average molecular weight is 455 g/mol.